The summed E-state index contributed by atoms with van der Waals surface area (Å²) in [5.74, 6) is -0.607. The topological polar surface area (TPSA) is 105 Å². The van der Waals surface area contributed by atoms with Crippen LogP contribution in [0, 0.1) is 5.92 Å². The van der Waals surface area contributed by atoms with Crippen molar-refractivity contribution in [2.45, 2.75) is 12.8 Å². The van der Waals surface area contributed by atoms with Gasteiger partial charge in [0.15, 0.2) is 5.69 Å². The molecule has 1 aromatic heterocycles. The quantitative estimate of drug-likeness (QED) is 0.874. The standard InChI is InChI=1S/C15H17N5O2/c16-14(21)11-6-8-20(9-7-11)15(22)13-12(17-19-18-13)10-4-2-1-3-5-10/h1-5,11H,6-9H2,(H2,16,21)(H,17,18,19). The molecule has 1 aliphatic heterocycles. The third-order valence-electron chi connectivity index (χ3n) is 3.98. The third kappa shape index (κ3) is 2.69. The Hall–Kier alpha value is -2.70. The Morgan fingerprint density at radius 3 is 2.45 bits per heavy atom. The summed E-state index contributed by atoms with van der Waals surface area (Å²) in [6.07, 6.45) is 1.19. The molecule has 0 saturated carbocycles. The first-order chi connectivity index (χ1) is 10.7. The second-order valence-corrected chi connectivity index (χ2v) is 5.36. The number of piperidine rings is 1. The lowest BCUT2D eigenvalue weighted by Gasteiger charge is -2.30. The number of amides is 2. The summed E-state index contributed by atoms with van der Waals surface area (Å²) in [6.45, 7) is 1.01. The summed E-state index contributed by atoms with van der Waals surface area (Å²) in [5, 5.41) is 10.6. The van der Waals surface area contributed by atoms with E-state index >= 15 is 0 Å². The van der Waals surface area contributed by atoms with Gasteiger partial charge < -0.3 is 10.6 Å². The second kappa shape index (κ2) is 5.97. The zero-order valence-electron chi connectivity index (χ0n) is 12.0. The molecule has 0 aliphatic carbocycles. The minimum Gasteiger partial charge on any atom is -0.369 e. The van der Waals surface area contributed by atoms with Gasteiger partial charge in [-0.2, -0.15) is 15.4 Å². The molecule has 7 nitrogen and oxygen atoms in total. The van der Waals surface area contributed by atoms with Crippen molar-refractivity contribution < 1.29 is 9.59 Å². The lowest BCUT2D eigenvalue weighted by Crippen LogP contribution is -2.42. The summed E-state index contributed by atoms with van der Waals surface area (Å²) in [7, 11) is 0. The molecule has 2 amide bonds. The maximum Gasteiger partial charge on any atom is 0.276 e. The van der Waals surface area contributed by atoms with Crippen LogP contribution in [0.1, 0.15) is 23.3 Å². The monoisotopic (exact) mass is 299 g/mol. The Bertz CT molecular complexity index is 674. The van der Waals surface area contributed by atoms with E-state index in [0.29, 0.717) is 37.3 Å². The molecule has 0 bridgehead atoms. The van der Waals surface area contributed by atoms with E-state index in [0.717, 1.165) is 5.56 Å². The van der Waals surface area contributed by atoms with E-state index in [-0.39, 0.29) is 17.7 Å². The number of hydrogen-bond acceptors (Lipinski definition) is 4. The SMILES string of the molecule is NC(=O)C1CCN(C(=O)c2n[nH]nc2-c2ccccc2)CC1. The van der Waals surface area contributed by atoms with E-state index in [1.807, 2.05) is 30.3 Å². The van der Waals surface area contributed by atoms with Crippen molar-refractivity contribution >= 4 is 11.8 Å². The van der Waals surface area contributed by atoms with Crippen LogP contribution in [-0.2, 0) is 4.79 Å². The number of nitrogens with zero attached hydrogens (tertiary/aromatic N) is 3. The van der Waals surface area contributed by atoms with Gasteiger partial charge in [-0.15, -0.1) is 0 Å². The Balaban J connectivity index is 1.77. The van der Waals surface area contributed by atoms with Crippen molar-refractivity contribution in [2.75, 3.05) is 13.1 Å². The summed E-state index contributed by atoms with van der Waals surface area (Å²) in [6, 6.07) is 9.44. The van der Waals surface area contributed by atoms with Crippen LogP contribution in [0.5, 0.6) is 0 Å². The first-order valence-electron chi connectivity index (χ1n) is 7.21. The van der Waals surface area contributed by atoms with Crippen molar-refractivity contribution in [2.24, 2.45) is 11.7 Å². The Morgan fingerprint density at radius 1 is 1.14 bits per heavy atom. The summed E-state index contributed by atoms with van der Waals surface area (Å²) < 4.78 is 0. The molecule has 3 N–H and O–H groups in total. The van der Waals surface area contributed by atoms with Crippen LogP contribution >= 0.6 is 0 Å². The molecule has 0 unspecified atom stereocenters. The molecule has 0 atom stereocenters. The minimum atomic E-state index is -0.293. The number of H-pyrrole nitrogens is 1. The van der Waals surface area contributed by atoms with Crippen LogP contribution < -0.4 is 5.73 Å². The van der Waals surface area contributed by atoms with Crippen LogP contribution in [0.15, 0.2) is 30.3 Å². The van der Waals surface area contributed by atoms with Gasteiger partial charge in [-0.3, -0.25) is 9.59 Å². The highest BCUT2D eigenvalue weighted by atomic mass is 16.2. The molecular weight excluding hydrogens is 282 g/mol. The summed E-state index contributed by atoms with van der Waals surface area (Å²) >= 11 is 0. The van der Waals surface area contributed by atoms with Crippen LogP contribution in [0.3, 0.4) is 0 Å². The largest absolute Gasteiger partial charge is 0.369 e. The molecule has 0 radical (unpaired) electrons. The van der Waals surface area contributed by atoms with E-state index in [1.54, 1.807) is 4.90 Å². The first kappa shape index (κ1) is 14.2. The number of nitrogens with two attached hydrogens (primary N) is 1. The van der Waals surface area contributed by atoms with E-state index < -0.39 is 0 Å². The number of hydrogen-bond donors (Lipinski definition) is 2. The van der Waals surface area contributed by atoms with Crippen molar-refractivity contribution in [3.63, 3.8) is 0 Å². The molecule has 3 rings (SSSR count). The molecule has 1 fully saturated rings. The molecule has 2 aromatic rings. The van der Waals surface area contributed by atoms with Gasteiger partial charge in [0.25, 0.3) is 5.91 Å². The highest BCUT2D eigenvalue weighted by molar-refractivity contribution is 5.98. The maximum absolute atomic E-state index is 12.6. The fraction of sp³-hybridized carbons (Fsp3) is 0.333. The van der Waals surface area contributed by atoms with Crippen molar-refractivity contribution in [3.05, 3.63) is 36.0 Å². The molecule has 2 heterocycles. The Morgan fingerprint density at radius 2 is 1.82 bits per heavy atom. The van der Waals surface area contributed by atoms with Crippen molar-refractivity contribution in [1.29, 1.82) is 0 Å². The molecular formula is C15H17N5O2. The molecule has 1 aromatic carbocycles. The number of benzene rings is 1. The van der Waals surface area contributed by atoms with Crippen molar-refractivity contribution in [1.82, 2.24) is 20.3 Å². The first-order valence-corrected chi connectivity index (χ1v) is 7.21. The number of nitrogens with one attached hydrogen (secondary N) is 1. The number of aromatic nitrogens is 3. The molecule has 0 spiro atoms. The average Bonchev–Trinajstić information content (AvgIpc) is 3.04. The van der Waals surface area contributed by atoms with Gasteiger partial charge >= 0.3 is 0 Å². The van der Waals surface area contributed by atoms with Crippen LogP contribution in [0.2, 0.25) is 0 Å². The van der Waals surface area contributed by atoms with Gasteiger partial charge in [-0.05, 0) is 12.8 Å². The second-order valence-electron chi connectivity index (χ2n) is 5.36. The number of carbonyl (C=O) groups is 2. The highest BCUT2D eigenvalue weighted by Crippen LogP contribution is 2.23. The normalized spacial score (nSPS) is 15.7. The van der Waals surface area contributed by atoms with Crippen molar-refractivity contribution in [3.8, 4) is 11.3 Å². The summed E-state index contributed by atoms with van der Waals surface area (Å²) in [5.41, 5.74) is 7.01. The van der Waals surface area contributed by atoms with E-state index in [2.05, 4.69) is 15.4 Å². The van der Waals surface area contributed by atoms with Gasteiger partial charge in [0.1, 0.15) is 5.69 Å². The van der Waals surface area contributed by atoms with E-state index in [9.17, 15) is 9.59 Å². The molecule has 114 valence electrons. The lowest BCUT2D eigenvalue weighted by atomic mass is 9.96. The van der Waals surface area contributed by atoms with Gasteiger partial charge in [-0.25, -0.2) is 0 Å². The summed E-state index contributed by atoms with van der Waals surface area (Å²) in [4.78, 5) is 25.5. The van der Waals surface area contributed by atoms with Gasteiger partial charge in [-0.1, -0.05) is 30.3 Å². The lowest BCUT2D eigenvalue weighted by molar-refractivity contribution is -0.123. The van der Waals surface area contributed by atoms with Gasteiger partial charge in [0.2, 0.25) is 5.91 Å². The zero-order chi connectivity index (χ0) is 15.5. The fourth-order valence-corrected chi connectivity index (χ4v) is 2.69. The average molecular weight is 299 g/mol. The smallest absolute Gasteiger partial charge is 0.276 e. The minimum absolute atomic E-state index is 0.144. The van der Waals surface area contributed by atoms with Crippen LogP contribution in [-0.4, -0.2) is 45.2 Å². The number of primary amides is 1. The Labute approximate surface area is 127 Å². The maximum atomic E-state index is 12.6. The van der Waals surface area contributed by atoms with E-state index in [1.165, 1.54) is 0 Å². The van der Waals surface area contributed by atoms with Gasteiger partial charge in [0.05, 0.1) is 0 Å². The third-order valence-corrected chi connectivity index (χ3v) is 3.98. The molecule has 1 saturated heterocycles. The molecule has 22 heavy (non-hydrogen) atoms. The number of rotatable bonds is 3. The molecule has 1 aliphatic rings. The number of likely N-dealkylation sites (tertiary alicyclic amines) is 1. The highest BCUT2D eigenvalue weighted by Gasteiger charge is 2.29. The number of carbonyl (C=O) groups excluding carboxylic acids is 2. The fourth-order valence-electron chi connectivity index (χ4n) is 2.69. The number of aromatic amines is 1. The predicted molar refractivity (Wildman–Crippen MR) is 79.6 cm³/mol. The zero-order valence-corrected chi connectivity index (χ0v) is 12.0. The van der Waals surface area contributed by atoms with E-state index in [4.69, 9.17) is 5.73 Å². The predicted octanol–water partition coefficient (Wildman–Crippen LogP) is 0.809. The van der Waals surface area contributed by atoms with Crippen LogP contribution in [0.4, 0.5) is 0 Å². The van der Waals surface area contributed by atoms with Crippen LogP contribution in [0.25, 0.3) is 11.3 Å². The Kier molecular flexibility index (Phi) is 3.86. The molecule has 7 heteroatoms. The van der Waals surface area contributed by atoms with Gasteiger partial charge in [0, 0.05) is 24.6 Å².